The molecule has 1 aliphatic rings. The molecule has 0 saturated heterocycles. The number of carbonyl (C=O) groups excluding carboxylic acids is 1. The molecular formula is C22H26FNO2. The first-order valence-corrected chi connectivity index (χ1v) is 9.28. The van der Waals surface area contributed by atoms with Gasteiger partial charge in [0.2, 0.25) is 5.91 Å². The topological polar surface area (TPSA) is 38.3 Å². The van der Waals surface area contributed by atoms with E-state index in [4.69, 9.17) is 4.74 Å². The summed E-state index contributed by atoms with van der Waals surface area (Å²) in [6.45, 7) is 6.54. The maximum atomic E-state index is 13.3. The van der Waals surface area contributed by atoms with Crippen molar-refractivity contribution in [2.75, 3.05) is 11.9 Å². The van der Waals surface area contributed by atoms with E-state index in [9.17, 15) is 9.18 Å². The van der Waals surface area contributed by atoms with Gasteiger partial charge in [0.05, 0.1) is 12.0 Å². The van der Waals surface area contributed by atoms with Crippen LogP contribution in [0.1, 0.15) is 49.3 Å². The van der Waals surface area contributed by atoms with Crippen LogP contribution in [-0.4, -0.2) is 12.5 Å². The summed E-state index contributed by atoms with van der Waals surface area (Å²) < 4.78 is 19.0. The number of carbonyl (C=O) groups is 1. The van der Waals surface area contributed by atoms with Gasteiger partial charge in [0.1, 0.15) is 11.6 Å². The molecule has 0 bridgehead atoms. The number of benzene rings is 2. The van der Waals surface area contributed by atoms with Crippen molar-refractivity contribution < 1.29 is 13.9 Å². The van der Waals surface area contributed by atoms with E-state index in [0.29, 0.717) is 6.61 Å². The van der Waals surface area contributed by atoms with Gasteiger partial charge in [-0.1, -0.05) is 25.0 Å². The number of anilines is 1. The van der Waals surface area contributed by atoms with E-state index < -0.39 is 5.41 Å². The third-order valence-electron chi connectivity index (χ3n) is 5.30. The third-order valence-corrected chi connectivity index (χ3v) is 5.30. The lowest BCUT2D eigenvalue weighted by Gasteiger charge is -2.28. The van der Waals surface area contributed by atoms with E-state index in [-0.39, 0.29) is 11.7 Å². The number of halogens is 1. The first kappa shape index (κ1) is 18.4. The number of nitrogens with one attached hydrogen (secondary N) is 1. The number of aryl methyl sites for hydroxylation is 2. The van der Waals surface area contributed by atoms with Gasteiger partial charge >= 0.3 is 0 Å². The minimum atomic E-state index is -0.575. The summed E-state index contributed by atoms with van der Waals surface area (Å²) >= 11 is 0. The molecule has 3 rings (SSSR count). The van der Waals surface area contributed by atoms with Crippen LogP contribution in [0.15, 0.2) is 36.4 Å². The summed E-state index contributed by atoms with van der Waals surface area (Å²) in [6.07, 6.45) is 3.59. The van der Waals surface area contributed by atoms with Gasteiger partial charge in [-0.25, -0.2) is 4.39 Å². The van der Waals surface area contributed by atoms with Crippen molar-refractivity contribution in [2.24, 2.45) is 0 Å². The Balaban J connectivity index is 1.89. The third kappa shape index (κ3) is 3.46. The molecule has 4 heteroatoms. The van der Waals surface area contributed by atoms with Crippen molar-refractivity contribution in [3.63, 3.8) is 0 Å². The van der Waals surface area contributed by atoms with Gasteiger partial charge < -0.3 is 10.1 Å². The molecule has 26 heavy (non-hydrogen) atoms. The van der Waals surface area contributed by atoms with E-state index in [2.05, 4.69) is 5.32 Å². The van der Waals surface area contributed by atoms with Crippen molar-refractivity contribution >= 4 is 11.6 Å². The average molecular weight is 355 g/mol. The highest BCUT2D eigenvalue weighted by molar-refractivity contribution is 5.99. The Morgan fingerprint density at radius 1 is 1.12 bits per heavy atom. The van der Waals surface area contributed by atoms with E-state index in [0.717, 1.165) is 53.8 Å². The SMILES string of the molecule is CCOc1c(C)cc(NC(=O)C2(c3ccc(F)cc3)CCCC2)cc1C. The fraction of sp³-hybridized carbons (Fsp3) is 0.409. The number of hydrogen-bond acceptors (Lipinski definition) is 2. The Hall–Kier alpha value is -2.36. The van der Waals surface area contributed by atoms with Crippen LogP contribution in [0.2, 0.25) is 0 Å². The standard InChI is InChI=1S/C22H26FNO2/c1-4-26-20-15(2)13-19(14-16(20)3)24-21(25)22(11-5-6-12-22)17-7-9-18(23)10-8-17/h7-10,13-14H,4-6,11-12H2,1-3H3,(H,24,25). The quantitative estimate of drug-likeness (QED) is 0.791. The van der Waals surface area contributed by atoms with Crippen LogP contribution in [-0.2, 0) is 10.2 Å². The lowest BCUT2D eigenvalue weighted by atomic mass is 9.78. The molecule has 0 aromatic heterocycles. The van der Waals surface area contributed by atoms with E-state index in [1.165, 1.54) is 12.1 Å². The summed E-state index contributed by atoms with van der Waals surface area (Å²) in [7, 11) is 0. The molecule has 1 aliphatic carbocycles. The fourth-order valence-corrected chi connectivity index (χ4v) is 4.04. The molecule has 1 N–H and O–H groups in total. The molecular weight excluding hydrogens is 329 g/mol. The molecule has 1 fully saturated rings. The second-order valence-corrected chi connectivity index (χ2v) is 7.12. The Bertz CT molecular complexity index is 769. The van der Waals surface area contributed by atoms with Gasteiger partial charge in [-0.05, 0) is 74.6 Å². The summed E-state index contributed by atoms with van der Waals surface area (Å²) in [5, 5.41) is 3.10. The van der Waals surface area contributed by atoms with Gasteiger partial charge in [-0.15, -0.1) is 0 Å². The normalized spacial score (nSPS) is 15.7. The lowest BCUT2D eigenvalue weighted by molar-refractivity contribution is -0.121. The molecule has 0 spiro atoms. The van der Waals surface area contributed by atoms with E-state index in [1.54, 1.807) is 12.1 Å². The van der Waals surface area contributed by atoms with Crippen LogP contribution >= 0.6 is 0 Å². The van der Waals surface area contributed by atoms with E-state index in [1.807, 2.05) is 32.9 Å². The molecule has 0 radical (unpaired) electrons. The number of hydrogen-bond donors (Lipinski definition) is 1. The van der Waals surface area contributed by atoms with Crippen molar-refractivity contribution in [1.82, 2.24) is 0 Å². The predicted octanol–water partition coefficient (Wildman–Crippen LogP) is 5.29. The number of ether oxygens (including phenoxy) is 1. The van der Waals surface area contributed by atoms with Gasteiger partial charge in [-0.2, -0.15) is 0 Å². The summed E-state index contributed by atoms with van der Waals surface area (Å²) in [5.74, 6) is 0.587. The van der Waals surface area contributed by atoms with Gasteiger partial charge in [0.15, 0.2) is 0 Å². The van der Waals surface area contributed by atoms with Crippen molar-refractivity contribution in [1.29, 1.82) is 0 Å². The highest BCUT2D eigenvalue weighted by Crippen LogP contribution is 2.42. The Morgan fingerprint density at radius 3 is 2.23 bits per heavy atom. The lowest BCUT2D eigenvalue weighted by Crippen LogP contribution is -2.38. The molecule has 3 nitrogen and oxygen atoms in total. The van der Waals surface area contributed by atoms with Crippen LogP contribution in [0.5, 0.6) is 5.75 Å². The van der Waals surface area contributed by atoms with Crippen molar-refractivity contribution in [3.8, 4) is 5.75 Å². The Morgan fingerprint density at radius 2 is 1.69 bits per heavy atom. The van der Waals surface area contributed by atoms with Gasteiger partial charge in [0, 0.05) is 5.69 Å². The fourth-order valence-electron chi connectivity index (χ4n) is 4.04. The summed E-state index contributed by atoms with van der Waals surface area (Å²) in [6, 6.07) is 10.3. The number of amides is 1. The maximum Gasteiger partial charge on any atom is 0.235 e. The molecule has 2 aromatic carbocycles. The van der Waals surface area contributed by atoms with Crippen molar-refractivity contribution in [2.45, 2.75) is 51.9 Å². The van der Waals surface area contributed by atoms with Crippen LogP contribution < -0.4 is 10.1 Å². The zero-order chi connectivity index (χ0) is 18.7. The van der Waals surface area contributed by atoms with Crippen LogP contribution in [0.4, 0.5) is 10.1 Å². The molecule has 1 saturated carbocycles. The van der Waals surface area contributed by atoms with E-state index >= 15 is 0 Å². The Kier molecular flexibility index (Phi) is 5.30. The van der Waals surface area contributed by atoms with Crippen LogP contribution in [0, 0.1) is 19.7 Å². The zero-order valence-corrected chi connectivity index (χ0v) is 15.7. The smallest absolute Gasteiger partial charge is 0.235 e. The summed E-state index contributed by atoms with van der Waals surface area (Å²) in [5.41, 5.74) is 3.11. The second kappa shape index (κ2) is 7.48. The molecule has 2 aromatic rings. The Labute approximate surface area is 154 Å². The highest BCUT2D eigenvalue weighted by atomic mass is 19.1. The minimum Gasteiger partial charge on any atom is -0.493 e. The first-order valence-electron chi connectivity index (χ1n) is 9.28. The van der Waals surface area contributed by atoms with Gasteiger partial charge in [0.25, 0.3) is 0 Å². The molecule has 0 unspecified atom stereocenters. The summed E-state index contributed by atoms with van der Waals surface area (Å²) in [4.78, 5) is 13.2. The average Bonchev–Trinajstić information content (AvgIpc) is 3.10. The maximum absolute atomic E-state index is 13.3. The minimum absolute atomic E-state index is 0.00966. The van der Waals surface area contributed by atoms with Crippen molar-refractivity contribution in [3.05, 3.63) is 58.9 Å². The van der Waals surface area contributed by atoms with Gasteiger partial charge in [-0.3, -0.25) is 4.79 Å². The molecule has 0 aliphatic heterocycles. The monoisotopic (exact) mass is 355 g/mol. The molecule has 0 heterocycles. The first-order chi connectivity index (χ1) is 12.5. The predicted molar refractivity (Wildman–Crippen MR) is 102 cm³/mol. The molecule has 1 amide bonds. The van der Waals surface area contributed by atoms with Crippen LogP contribution in [0.25, 0.3) is 0 Å². The zero-order valence-electron chi connectivity index (χ0n) is 15.7. The second-order valence-electron chi connectivity index (χ2n) is 7.12. The molecule has 0 atom stereocenters. The van der Waals surface area contributed by atoms with Crippen LogP contribution in [0.3, 0.4) is 0 Å². The number of rotatable bonds is 5. The molecule has 138 valence electrons. The largest absolute Gasteiger partial charge is 0.493 e. The highest BCUT2D eigenvalue weighted by Gasteiger charge is 2.42.